The molecule has 3 N–H and O–H groups in total. The highest BCUT2D eigenvalue weighted by Gasteiger charge is 2.23. The molecule has 2 amide bonds. The minimum Gasteiger partial charge on any atom is -0.361 e. The van der Waals surface area contributed by atoms with Gasteiger partial charge in [-0.1, -0.05) is 74.0 Å². The number of hydrogen-bond donors (Lipinski definition) is 3. The van der Waals surface area contributed by atoms with Crippen LogP contribution in [0.2, 0.25) is 0 Å². The van der Waals surface area contributed by atoms with Crippen LogP contribution < -0.4 is 10.6 Å². The topological polar surface area (TPSA) is 74.0 Å². The van der Waals surface area contributed by atoms with Gasteiger partial charge in [0.2, 0.25) is 5.91 Å². The van der Waals surface area contributed by atoms with Gasteiger partial charge in [0.05, 0.1) is 6.42 Å². The highest BCUT2D eigenvalue weighted by molar-refractivity contribution is 5.98. The molecule has 168 valence electrons. The van der Waals surface area contributed by atoms with Crippen molar-refractivity contribution >= 4 is 28.4 Å². The van der Waals surface area contributed by atoms with Gasteiger partial charge in [-0.05, 0) is 47.7 Å². The zero-order chi connectivity index (χ0) is 23.4. The van der Waals surface area contributed by atoms with Gasteiger partial charge in [0.25, 0.3) is 5.91 Å². The molecule has 5 heteroatoms. The van der Waals surface area contributed by atoms with Crippen molar-refractivity contribution in [2.75, 3.05) is 5.32 Å². The summed E-state index contributed by atoms with van der Waals surface area (Å²) in [6.45, 7) is 6.25. The summed E-state index contributed by atoms with van der Waals surface area (Å²) in [7, 11) is 0. The number of nitrogens with one attached hydrogen (secondary N) is 3. The average molecular weight is 440 g/mol. The van der Waals surface area contributed by atoms with Gasteiger partial charge < -0.3 is 15.6 Å². The van der Waals surface area contributed by atoms with E-state index in [4.69, 9.17) is 0 Å². The molecule has 1 unspecified atom stereocenters. The second kappa shape index (κ2) is 9.74. The Hall–Kier alpha value is -3.86. The third-order valence-electron chi connectivity index (χ3n) is 5.85. The van der Waals surface area contributed by atoms with Gasteiger partial charge >= 0.3 is 0 Å². The Morgan fingerprint density at radius 3 is 2.24 bits per heavy atom. The number of amides is 2. The Morgan fingerprint density at radius 2 is 1.55 bits per heavy atom. The maximum atomic E-state index is 13.2. The van der Waals surface area contributed by atoms with Crippen molar-refractivity contribution in [3.05, 3.63) is 101 Å². The van der Waals surface area contributed by atoms with E-state index in [0.29, 0.717) is 11.6 Å². The lowest BCUT2D eigenvalue weighted by Gasteiger charge is -2.19. The van der Waals surface area contributed by atoms with Crippen molar-refractivity contribution in [1.29, 1.82) is 0 Å². The number of rotatable bonds is 7. The number of para-hydroxylation sites is 1. The van der Waals surface area contributed by atoms with Crippen LogP contribution >= 0.6 is 0 Å². The maximum Gasteiger partial charge on any atom is 0.251 e. The standard InChI is InChI=1S/C28H29N3O2/c1-18(2)20-12-14-23(15-13-20)30-28(33)27(21-10-8-19(3)9-11-21)31-26(32)16-22-17-29-25-7-5-4-6-24(22)25/h4-15,17-18,27,29H,16H2,1-3H3,(H,30,33)(H,31,32). The van der Waals surface area contributed by atoms with Crippen molar-refractivity contribution in [1.82, 2.24) is 10.3 Å². The molecule has 0 aliphatic rings. The molecule has 0 aliphatic heterocycles. The van der Waals surface area contributed by atoms with Crippen LogP contribution in [-0.2, 0) is 16.0 Å². The first-order valence-electron chi connectivity index (χ1n) is 11.2. The summed E-state index contributed by atoms with van der Waals surface area (Å²) in [5, 5.41) is 6.90. The Morgan fingerprint density at radius 1 is 0.879 bits per heavy atom. The smallest absolute Gasteiger partial charge is 0.251 e. The first-order chi connectivity index (χ1) is 15.9. The van der Waals surface area contributed by atoms with E-state index in [2.05, 4.69) is 29.5 Å². The normalized spacial score (nSPS) is 12.0. The summed E-state index contributed by atoms with van der Waals surface area (Å²) in [5.41, 5.74) is 5.62. The number of aromatic amines is 1. The minimum atomic E-state index is -0.798. The molecule has 0 spiro atoms. The van der Waals surface area contributed by atoms with Crippen LogP contribution in [0.15, 0.2) is 79.0 Å². The summed E-state index contributed by atoms with van der Waals surface area (Å²) in [6.07, 6.45) is 2.03. The SMILES string of the molecule is Cc1ccc(C(NC(=O)Cc2c[nH]c3ccccc23)C(=O)Nc2ccc(C(C)C)cc2)cc1. The Balaban J connectivity index is 1.53. The van der Waals surface area contributed by atoms with Crippen molar-refractivity contribution in [2.45, 2.75) is 39.2 Å². The van der Waals surface area contributed by atoms with Gasteiger partial charge in [0.15, 0.2) is 0 Å². The van der Waals surface area contributed by atoms with Gasteiger partial charge in [-0.2, -0.15) is 0 Å². The van der Waals surface area contributed by atoms with E-state index in [1.165, 1.54) is 5.56 Å². The molecule has 1 atom stereocenters. The number of benzene rings is 3. The van der Waals surface area contributed by atoms with Gasteiger partial charge in [0, 0.05) is 22.8 Å². The predicted molar refractivity (Wildman–Crippen MR) is 133 cm³/mol. The molecular weight excluding hydrogens is 410 g/mol. The van der Waals surface area contributed by atoms with Crippen LogP contribution in [0.1, 0.15) is 48.1 Å². The average Bonchev–Trinajstić information content (AvgIpc) is 3.21. The number of H-pyrrole nitrogens is 1. The molecule has 4 aromatic rings. The van der Waals surface area contributed by atoms with E-state index < -0.39 is 6.04 Å². The molecular formula is C28H29N3O2. The third kappa shape index (κ3) is 5.32. The molecule has 0 saturated heterocycles. The second-order valence-corrected chi connectivity index (χ2v) is 8.71. The number of hydrogen-bond acceptors (Lipinski definition) is 2. The fourth-order valence-electron chi connectivity index (χ4n) is 3.89. The molecule has 0 aliphatic carbocycles. The van der Waals surface area contributed by atoms with E-state index in [-0.39, 0.29) is 18.2 Å². The Bertz CT molecular complexity index is 1250. The van der Waals surface area contributed by atoms with Crippen molar-refractivity contribution < 1.29 is 9.59 Å². The fraction of sp³-hybridized carbons (Fsp3) is 0.214. The minimum absolute atomic E-state index is 0.183. The van der Waals surface area contributed by atoms with Gasteiger partial charge in [-0.25, -0.2) is 0 Å². The largest absolute Gasteiger partial charge is 0.361 e. The Kier molecular flexibility index (Phi) is 6.59. The van der Waals surface area contributed by atoms with E-state index in [9.17, 15) is 9.59 Å². The summed E-state index contributed by atoms with van der Waals surface area (Å²) in [5.74, 6) is -0.0714. The molecule has 0 fully saturated rings. The molecule has 33 heavy (non-hydrogen) atoms. The molecule has 0 radical (unpaired) electrons. The lowest BCUT2D eigenvalue weighted by molar-refractivity contribution is -0.126. The molecule has 1 aromatic heterocycles. The van der Waals surface area contributed by atoms with E-state index in [0.717, 1.165) is 27.6 Å². The molecule has 5 nitrogen and oxygen atoms in total. The van der Waals surface area contributed by atoms with Crippen LogP contribution in [0, 0.1) is 6.92 Å². The molecule has 4 rings (SSSR count). The van der Waals surface area contributed by atoms with Gasteiger partial charge in [-0.3, -0.25) is 9.59 Å². The summed E-state index contributed by atoms with van der Waals surface area (Å²) in [6, 6.07) is 22.5. The molecule has 3 aromatic carbocycles. The number of aromatic nitrogens is 1. The van der Waals surface area contributed by atoms with Crippen molar-refractivity contribution in [3.63, 3.8) is 0 Å². The van der Waals surface area contributed by atoms with Crippen molar-refractivity contribution in [3.8, 4) is 0 Å². The highest BCUT2D eigenvalue weighted by atomic mass is 16.2. The zero-order valence-corrected chi connectivity index (χ0v) is 19.2. The van der Waals surface area contributed by atoms with Crippen LogP contribution in [0.5, 0.6) is 0 Å². The summed E-state index contributed by atoms with van der Waals surface area (Å²) < 4.78 is 0. The summed E-state index contributed by atoms with van der Waals surface area (Å²) in [4.78, 5) is 29.4. The van der Waals surface area contributed by atoms with E-state index in [1.807, 2.05) is 85.9 Å². The van der Waals surface area contributed by atoms with Gasteiger partial charge in [0.1, 0.15) is 6.04 Å². The monoisotopic (exact) mass is 439 g/mol. The molecule has 0 saturated carbocycles. The van der Waals surface area contributed by atoms with Crippen molar-refractivity contribution in [2.24, 2.45) is 0 Å². The van der Waals surface area contributed by atoms with Crippen LogP contribution in [0.25, 0.3) is 10.9 Å². The quantitative estimate of drug-likeness (QED) is 0.349. The second-order valence-electron chi connectivity index (χ2n) is 8.71. The number of carbonyl (C=O) groups excluding carboxylic acids is 2. The van der Waals surface area contributed by atoms with Crippen LogP contribution in [0.3, 0.4) is 0 Å². The number of carbonyl (C=O) groups is 2. The van der Waals surface area contributed by atoms with Gasteiger partial charge in [-0.15, -0.1) is 0 Å². The fourth-order valence-corrected chi connectivity index (χ4v) is 3.89. The molecule has 1 heterocycles. The maximum absolute atomic E-state index is 13.2. The predicted octanol–water partition coefficient (Wildman–Crippen LogP) is 5.64. The lowest BCUT2D eigenvalue weighted by atomic mass is 10.0. The zero-order valence-electron chi connectivity index (χ0n) is 19.2. The van der Waals surface area contributed by atoms with Crippen LogP contribution in [-0.4, -0.2) is 16.8 Å². The number of fused-ring (bicyclic) bond motifs is 1. The first-order valence-corrected chi connectivity index (χ1v) is 11.2. The summed E-state index contributed by atoms with van der Waals surface area (Å²) >= 11 is 0. The number of anilines is 1. The van der Waals surface area contributed by atoms with E-state index >= 15 is 0 Å². The van der Waals surface area contributed by atoms with E-state index in [1.54, 1.807) is 0 Å². The third-order valence-corrected chi connectivity index (χ3v) is 5.85. The first kappa shape index (κ1) is 22.3. The highest BCUT2D eigenvalue weighted by Crippen LogP contribution is 2.22. The van der Waals surface area contributed by atoms with Crippen LogP contribution in [0.4, 0.5) is 5.69 Å². The number of aryl methyl sites for hydroxylation is 1. The lowest BCUT2D eigenvalue weighted by Crippen LogP contribution is -2.37. The molecule has 0 bridgehead atoms. The Labute approximate surface area is 194 Å².